The Morgan fingerprint density at radius 1 is 1.12 bits per heavy atom. The Labute approximate surface area is 148 Å². The second-order valence-electron chi connectivity index (χ2n) is 6.74. The number of rotatable bonds is 6. The molecule has 0 unspecified atom stereocenters. The fraction of sp³-hybridized carbons (Fsp3) is 0.286. The summed E-state index contributed by atoms with van der Waals surface area (Å²) < 4.78 is 0. The van der Waals surface area contributed by atoms with E-state index in [9.17, 15) is 4.79 Å². The van der Waals surface area contributed by atoms with E-state index in [0.717, 1.165) is 46.3 Å². The first-order chi connectivity index (χ1) is 12.0. The van der Waals surface area contributed by atoms with Crippen molar-refractivity contribution in [1.29, 1.82) is 0 Å². The average molecular weight is 335 g/mol. The second kappa shape index (κ2) is 7.21. The number of fused-ring (bicyclic) bond motifs is 1. The molecule has 0 aliphatic carbocycles. The van der Waals surface area contributed by atoms with E-state index in [1.54, 1.807) is 6.92 Å². The standard InChI is InChI=1S/C21H25N3O/c1-14(25)17-5-4-6-19-20(17)18(11-12-22)21(23-19)16-9-7-15(8-10-16)13-24(2)3/h4-10,23H,11-13,22H2,1-3H3. The average Bonchev–Trinajstić information content (AvgIpc) is 2.94. The molecule has 3 aromatic rings. The first kappa shape index (κ1) is 17.4. The predicted molar refractivity (Wildman–Crippen MR) is 104 cm³/mol. The van der Waals surface area contributed by atoms with Crippen LogP contribution in [0.4, 0.5) is 0 Å². The third kappa shape index (κ3) is 3.50. The lowest BCUT2D eigenvalue weighted by molar-refractivity contribution is 0.101. The monoisotopic (exact) mass is 335 g/mol. The van der Waals surface area contributed by atoms with E-state index in [2.05, 4.69) is 48.2 Å². The van der Waals surface area contributed by atoms with Crippen LogP contribution in [0.2, 0.25) is 0 Å². The van der Waals surface area contributed by atoms with E-state index in [4.69, 9.17) is 5.73 Å². The van der Waals surface area contributed by atoms with Crippen LogP contribution >= 0.6 is 0 Å². The van der Waals surface area contributed by atoms with Crippen LogP contribution in [0.25, 0.3) is 22.2 Å². The summed E-state index contributed by atoms with van der Waals surface area (Å²) in [7, 11) is 4.13. The molecule has 2 aromatic carbocycles. The molecule has 0 aliphatic rings. The van der Waals surface area contributed by atoms with Crippen LogP contribution in [-0.2, 0) is 13.0 Å². The lowest BCUT2D eigenvalue weighted by Crippen LogP contribution is -2.10. The molecule has 25 heavy (non-hydrogen) atoms. The molecule has 3 rings (SSSR count). The number of hydrogen-bond donors (Lipinski definition) is 2. The summed E-state index contributed by atoms with van der Waals surface area (Å²) in [4.78, 5) is 17.7. The van der Waals surface area contributed by atoms with Crippen LogP contribution in [0.1, 0.15) is 28.4 Å². The molecular weight excluding hydrogens is 310 g/mol. The summed E-state index contributed by atoms with van der Waals surface area (Å²) in [6, 6.07) is 14.4. The Bertz CT molecular complexity index is 891. The highest BCUT2D eigenvalue weighted by Gasteiger charge is 2.17. The molecule has 130 valence electrons. The zero-order valence-electron chi connectivity index (χ0n) is 15.1. The maximum atomic E-state index is 12.1. The van der Waals surface area contributed by atoms with Gasteiger partial charge in [-0.15, -0.1) is 0 Å². The molecule has 0 spiro atoms. The Balaban J connectivity index is 2.14. The van der Waals surface area contributed by atoms with E-state index >= 15 is 0 Å². The van der Waals surface area contributed by atoms with Crippen molar-refractivity contribution in [3.63, 3.8) is 0 Å². The largest absolute Gasteiger partial charge is 0.354 e. The highest BCUT2D eigenvalue weighted by Crippen LogP contribution is 2.33. The van der Waals surface area contributed by atoms with Crippen molar-refractivity contribution in [2.45, 2.75) is 19.9 Å². The number of Topliss-reactive ketones (excluding diaryl/α,β-unsaturated/α-hetero) is 1. The van der Waals surface area contributed by atoms with Gasteiger partial charge in [0.2, 0.25) is 0 Å². The third-order valence-electron chi connectivity index (χ3n) is 4.44. The van der Waals surface area contributed by atoms with Gasteiger partial charge in [-0.2, -0.15) is 0 Å². The molecule has 3 N–H and O–H groups in total. The highest BCUT2D eigenvalue weighted by molar-refractivity contribution is 6.09. The van der Waals surface area contributed by atoms with Crippen molar-refractivity contribution in [3.8, 4) is 11.3 Å². The summed E-state index contributed by atoms with van der Waals surface area (Å²) in [5.41, 5.74) is 12.2. The van der Waals surface area contributed by atoms with Gasteiger partial charge < -0.3 is 15.6 Å². The second-order valence-corrected chi connectivity index (χ2v) is 6.74. The van der Waals surface area contributed by atoms with Crippen molar-refractivity contribution >= 4 is 16.7 Å². The number of hydrogen-bond acceptors (Lipinski definition) is 3. The van der Waals surface area contributed by atoms with Gasteiger partial charge in [0.15, 0.2) is 5.78 Å². The number of nitrogens with zero attached hydrogens (tertiary/aromatic N) is 1. The number of aromatic amines is 1. The van der Waals surface area contributed by atoms with Crippen LogP contribution in [-0.4, -0.2) is 36.3 Å². The molecule has 0 saturated carbocycles. The molecule has 0 saturated heterocycles. The minimum absolute atomic E-state index is 0.0794. The van der Waals surface area contributed by atoms with Gasteiger partial charge in [0.25, 0.3) is 0 Å². The molecule has 0 aliphatic heterocycles. The molecule has 4 nitrogen and oxygen atoms in total. The van der Waals surface area contributed by atoms with Gasteiger partial charge in [0.05, 0.1) is 0 Å². The summed E-state index contributed by atoms with van der Waals surface area (Å²) in [5.74, 6) is 0.0794. The van der Waals surface area contributed by atoms with Gasteiger partial charge in [-0.3, -0.25) is 4.79 Å². The number of carbonyl (C=O) groups is 1. The van der Waals surface area contributed by atoms with Gasteiger partial charge >= 0.3 is 0 Å². The quantitative estimate of drug-likeness (QED) is 0.677. The first-order valence-corrected chi connectivity index (χ1v) is 8.60. The van der Waals surface area contributed by atoms with Crippen LogP contribution in [0.15, 0.2) is 42.5 Å². The summed E-state index contributed by atoms with van der Waals surface area (Å²) >= 11 is 0. The number of nitrogens with one attached hydrogen (secondary N) is 1. The fourth-order valence-electron chi connectivity index (χ4n) is 3.39. The Kier molecular flexibility index (Phi) is 5.02. The first-order valence-electron chi connectivity index (χ1n) is 8.60. The topological polar surface area (TPSA) is 62.1 Å². The molecule has 0 radical (unpaired) electrons. The minimum atomic E-state index is 0.0794. The molecule has 0 atom stereocenters. The van der Waals surface area contributed by atoms with Crippen LogP contribution in [0.5, 0.6) is 0 Å². The Hall–Kier alpha value is -2.43. The molecule has 4 heteroatoms. The van der Waals surface area contributed by atoms with Gasteiger partial charge in [0.1, 0.15) is 0 Å². The van der Waals surface area contributed by atoms with E-state index < -0.39 is 0 Å². The number of nitrogens with two attached hydrogens (primary N) is 1. The highest BCUT2D eigenvalue weighted by atomic mass is 16.1. The van der Waals surface area contributed by atoms with Gasteiger partial charge in [-0.1, -0.05) is 36.4 Å². The molecule has 1 heterocycles. The number of H-pyrrole nitrogens is 1. The number of carbonyl (C=O) groups excluding carboxylic acids is 1. The lowest BCUT2D eigenvalue weighted by Gasteiger charge is -2.10. The minimum Gasteiger partial charge on any atom is -0.354 e. The van der Waals surface area contributed by atoms with Crippen LogP contribution in [0.3, 0.4) is 0 Å². The fourth-order valence-corrected chi connectivity index (χ4v) is 3.39. The van der Waals surface area contributed by atoms with Crippen molar-refractivity contribution < 1.29 is 4.79 Å². The molecular formula is C21H25N3O. The van der Waals surface area contributed by atoms with Gasteiger partial charge in [-0.05, 0) is 56.7 Å². The van der Waals surface area contributed by atoms with E-state index in [1.165, 1.54) is 5.56 Å². The molecule has 1 aromatic heterocycles. The van der Waals surface area contributed by atoms with Gasteiger partial charge in [0, 0.05) is 28.7 Å². The zero-order valence-corrected chi connectivity index (χ0v) is 15.1. The summed E-state index contributed by atoms with van der Waals surface area (Å²) in [6.07, 6.45) is 0.735. The molecule has 0 bridgehead atoms. The Morgan fingerprint density at radius 3 is 2.44 bits per heavy atom. The SMILES string of the molecule is CC(=O)c1cccc2[nH]c(-c3ccc(CN(C)C)cc3)c(CCN)c12. The van der Waals surface area contributed by atoms with Crippen molar-refractivity contribution in [2.75, 3.05) is 20.6 Å². The van der Waals surface area contributed by atoms with Gasteiger partial charge in [-0.25, -0.2) is 0 Å². The van der Waals surface area contributed by atoms with Crippen LogP contribution in [0, 0.1) is 0 Å². The maximum absolute atomic E-state index is 12.1. The van der Waals surface area contributed by atoms with Crippen LogP contribution < -0.4 is 5.73 Å². The normalized spacial score (nSPS) is 11.4. The lowest BCUT2D eigenvalue weighted by atomic mass is 9.97. The van der Waals surface area contributed by atoms with Crippen molar-refractivity contribution in [1.82, 2.24) is 9.88 Å². The smallest absolute Gasteiger partial charge is 0.160 e. The number of ketones is 1. The number of benzene rings is 2. The third-order valence-corrected chi connectivity index (χ3v) is 4.44. The van der Waals surface area contributed by atoms with E-state index in [1.807, 2.05) is 18.2 Å². The van der Waals surface area contributed by atoms with E-state index in [0.29, 0.717) is 6.54 Å². The predicted octanol–water partition coefficient (Wildman–Crippen LogP) is 3.60. The Morgan fingerprint density at radius 2 is 1.84 bits per heavy atom. The van der Waals surface area contributed by atoms with Crippen molar-refractivity contribution in [2.24, 2.45) is 5.73 Å². The number of aromatic nitrogens is 1. The molecule has 0 amide bonds. The van der Waals surface area contributed by atoms with E-state index in [-0.39, 0.29) is 5.78 Å². The zero-order chi connectivity index (χ0) is 18.0. The maximum Gasteiger partial charge on any atom is 0.160 e. The summed E-state index contributed by atoms with van der Waals surface area (Å²) in [6.45, 7) is 3.08. The summed E-state index contributed by atoms with van der Waals surface area (Å²) in [5, 5.41) is 1.01. The van der Waals surface area contributed by atoms with Crippen molar-refractivity contribution in [3.05, 3.63) is 59.2 Å². The molecule has 0 fully saturated rings.